The van der Waals surface area contributed by atoms with Crippen molar-refractivity contribution in [1.29, 1.82) is 0 Å². The molecule has 0 N–H and O–H groups in total. The van der Waals surface area contributed by atoms with E-state index in [-0.39, 0.29) is 0 Å². The van der Waals surface area contributed by atoms with E-state index < -0.39 is 0 Å². The number of hydrogen-bond donors (Lipinski definition) is 0. The van der Waals surface area contributed by atoms with Gasteiger partial charge < -0.3 is 4.57 Å². The molecule has 3 heteroatoms. The van der Waals surface area contributed by atoms with Crippen LogP contribution in [0, 0.1) is 0 Å². The lowest BCUT2D eigenvalue weighted by molar-refractivity contribution is 1.17. The van der Waals surface area contributed by atoms with E-state index in [9.17, 15) is 0 Å². The van der Waals surface area contributed by atoms with Crippen LogP contribution in [0.2, 0.25) is 0 Å². The summed E-state index contributed by atoms with van der Waals surface area (Å²) in [4.78, 5) is 9.70. The molecule has 0 spiro atoms. The molecule has 0 unspecified atom stereocenters. The van der Waals surface area contributed by atoms with E-state index in [1.807, 2.05) is 12.4 Å². The summed E-state index contributed by atoms with van der Waals surface area (Å²) < 4.78 is 2.34. The van der Waals surface area contributed by atoms with E-state index in [0.29, 0.717) is 0 Å². The van der Waals surface area contributed by atoms with Crippen molar-refractivity contribution < 1.29 is 0 Å². The monoisotopic (exact) mass is 547 g/mol. The Morgan fingerprint density at radius 1 is 0.349 bits per heavy atom. The molecule has 2 aromatic heterocycles. The average Bonchev–Trinajstić information content (AvgIpc) is 3.43. The Bertz CT molecular complexity index is 2420. The highest BCUT2D eigenvalue weighted by molar-refractivity contribution is 6.25. The maximum atomic E-state index is 4.85. The molecule has 0 bridgehead atoms. The van der Waals surface area contributed by atoms with Crippen LogP contribution in [-0.2, 0) is 0 Å². The van der Waals surface area contributed by atoms with Gasteiger partial charge in [-0.25, -0.2) is 9.97 Å². The fourth-order valence-corrected chi connectivity index (χ4v) is 6.70. The standard InChI is InChI=1S/C40H25N3/c1-2-14-32-30(12-1)31-13-3-4-15-33(31)37-23-27(20-21-34(32)37)40-41-24-28(25-42-40)26-10-9-11-29(22-26)43-38-18-7-5-16-35(38)36-17-6-8-19-39(36)43/h1-25H. The van der Waals surface area contributed by atoms with Crippen molar-refractivity contribution in [2.75, 3.05) is 0 Å². The van der Waals surface area contributed by atoms with Crippen molar-refractivity contribution in [1.82, 2.24) is 14.5 Å². The smallest absolute Gasteiger partial charge is 0.159 e. The second-order valence-electron chi connectivity index (χ2n) is 11.1. The zero-order valence-corrected chi connectivity index (χ0v) is 23.3. The summed E-state index contributed by atoms with van der Waals surface area (Å²) in [7, 11) is 0. The molecule has 0 aliphatic rings. The highest BCUT2D eigenvalue weighted by atomic mass is 15.0. The second kappa shape index (κ2) is 9.37. The molecular weight excluding hydrogens is 522 g/mol. The van der Waals surface area contributed by atoms with Gasteiger partial charge in [0.1, 0.15) is 0 Å². The Balaban J connectivity index is 1.13. The third-order valence-electron chi connectivity index (χ3n) is 8.67. The van der Waals surface area contributed by atoms with Crippen molar-refractivity contribution in [2.24, 2.45) is 0 Å². The Morgan fingerprint density at radius 3 is 1.47 bits per heavy atom. The quantitative estimate of drug-likeness (QED) is 0.206. The molecule has 9 rings (SSSR count). The molecule has 2 heterocycles. The molecule has 9 aromatic rings. The molecule has 0 amide bonds. The van der Waals surface area contributed by atoms with E-state index in [1.54, 1.807) is 0 Å². The van der Waals surface area contributed by atoms with Gasteiger partial charge in [0.25, 0.3) is 0 Å². The van der Waals surface area contributed by atoms with Crippen LogP contribution in [0.25, 0.3) is 82.3 Å². The predicted octanol–water partition coefficient (Wildman–Crippen LogP) is 10.4. The number of fused-ring (bicyclic) bond motifs is 9. The molecular formula is C40H25N3. The van der Waals surface area contributed by atoms with E-state index in [2.05, 4.69) is 144 Å². The zero-order chi connectivity index (χ0) is 28.3. The largest absolute Gasteiger partial charge is 0.309 e. The van der Waals surface area contributed by atoms with Crippen LogP contribution in [-0.4, -0.2) is 14.5 Å². The zero-order valence-electron chi connectivity index (χ0n) is 23.3. The first-order valence-corrected chi connectivity index (χ1v) is 14.6. The summed E-state index contributed by atoms with van der Waals surface area (Å²) in [5.41, 5.74) is 6.60. The third-order valence-corrected chi connectivity index (χ3v) is 8.67. The number of aromatic nitrogens is 3. The number of para-hydroxylation sites is 2. The topological polar surface area (TPSA) is 30.7 Å². The van der Waals surface area contributed by atoms with Crippen molar-refractivity contribution in [3.8, 4) is 28.2 Å². The van der Waals surface area contributed by atoms with Crippen LogP contribution in [0.5, 0.6) is 0 Å². The van der Waals surface area contributed by atoms with Crippen molar-refractivity contribution in [3.05, 3.63) is 152 Å². The van der Waals surface area contributed by atoms with E-state index in [0.717, 1.165) is 28.2 Å². The van der Waals surface area contributed by atoms with Crippen molar-refractivity contribution in [3.63, 3.8) is 0 Å². The van der Waals surface area contributed by atoms with Gasteiger partial charge in [-0.15, -0.1) is 0 Å². The molecule has 3 nitrogen and oxygen atoms in total. The fourth-order valence-electron chi connectivity index (χ4n) is 6.70. The average molecular weight is 548 g/mol. The van der Waals surface area contributed by atoms with Crippen LogP contribution < -0.4 is 0 Å². The Morgan fingerprint density at radius 2 is 0.860 bits per heavy atom. The SMILES string of the molecule is c1cc(-c2cnc(-c3ccc4c5ccccc5c5ccccc5c4c3)nc2)cc(-n2c3ccccc3c3ccccc32)c1. The maximum absolute atomic E-state index is 4.85. The van der Waals surface area contributed by atoms with E-state index in [1.165, 1.54) is 54.1 Å². The second-order valence-corrected chi connectivity index (χ2v) is 11.1. The first-order chi connectivity index (χ1) is 21.3. The maximum Gasteiger partial charge on any atom is 0.159 e. The van der Waals surface area contributed by atoms with Crippen LogP contribution in [0.1, 0.15) is 0 Å². The van der Waals surface area contributed by atoms with Crippen LogP contribution >= 0.6 is 0 Å². The van der Waals surface area contributed by atoms with Gasteiger partial charge in [0.05, 0.1) is 11.0 Å². The molecule has 0 aliphatic carbocycles. The first-order valence-electron chi connectivity index (χ1n) is 14.6. The summed E-state index contributed by atoms with van der Waals surface area (Å²) in [6.07, 6.45) is 3.88. The van der Waals surface area contributed by atoms with Gasteiger partial charge in [-0.2, -0.15) is 0 Å². The predicted molar refractivity (Wildman–Crippen MR) is 180 cm³/mol. The summed E-state index contributed by atoms with van der Waals surface area (Å²) in [5.74, 6) is 0.724. The molecule has 43 heavy (non-hydrogen) atoms. The van der Waals surface area contributed by atoms with Gasteiger partial charge in [-0.3, -0.25) is 0 Å². The van der Waals surface area contributed by atoms with Gasteiger partial charge in [-0.05, 0) is 68.2 Å². The Labute approximate surface area is 248 Å². The molecule has 0 aliphatic heterocycles. The number of benzene rings is 7. The highest BCUT2D eigenvalue weighted by Crippen LogP contribution is 2.37. The number of nitrogens with zero attached hydrogens (tertiary/aromatic N) is 3. The molecule has 0 saturated carbocycles. The lowest BCUT2D eigenvalue weighted by Crippen LogP contribution is -1.95. The summed E-state index contributed by atoms with van der Waals surface area (Å²) >= 11 is 0. The lowest BCUT2D eigenvalue weighted by Gasteiger charge is -2.12. The molecule has 0 atom stereocenters. The Kier molecular flexibility index (Phi) is 5.20. The van der Waals surface area contributed by atoms with Crippen LogP contribution in [0.3, 0.4) is 0 Å². The molecule has 200 valence electrons. The lowest BCUT2D eigenvalue weighted by atomic mass is 9.93. The highest BCUT2D eigenvalue weighted by Gasteiger charge is 2.13. The summed E-state index contributed by atoms with van der Waals surface area (Å²) in [5, 5.41) is 10.0. The van der Waals surface area contributed by atoms with Crippen LogP contribution in [0.15, 0.2) is 152 Å². The van der Waals surface area contributed by atoms with Gasteiger partial charge >= 0.3 is 0 Å². The van der Waals surface area contributed by atoms with Crippen molar-refractivity contribution >= 4 is 54.1 Å². The van der Waals surface area contributed by atoms with Gasteiger partial charge in [0.15, 0.2) is 5.82 Å². The fraction of sp³-hybridized carbons (Fsp3) is 0. The third kappa shape index (κ3) is 3.68. The molecule has 0 fully saturated rings. The summed E-state index contributed by atoms with van der Waals surface area (Å²) in [6, 6.07) is 49.7. The Hall–Kier alpha value is -5.80. The minimum Gasteiger partial charge on any atom is -0.309 e. The normalized spacial score (nSPS) is 11.7. The van der Waals surface area contributed by atoms with Crippen LogP contribution in [0.4, 0.5) is 0 Å². The van der Waals surface area contributed by atoms with E-state index >= 15 is 0 Å². The molecule has 7 aromatic carbocycles. The van der Waals surface area contributed by atoms with Gasteiger partial charge in [-0.1, -0.05) is 109 Å². The summed E-state index contributed by atoms with van der Waals surface area (Å²) in [6.45, 7) is 0. The minimum absolute atomic E-state index is 0.724. The number of hydrogen-bond acceptors (Lipinski definition) is 2. The molecule has 0 saturated heterocycles. The van der Waals surface area contributed by atoms with Crippen molar-refractivity contribution in [2.45, 2.75) is 0 Å². The number of rotatable bonds is 3. The van der Waals surface area contributed by atoms with Gasteiger partial charge in [0, 0.05) is 40.0 Å². The van der Waals surface area contributed by atoms with E-state index in [4.69, 9.17) is 9.97 Å². The first kappa shape index (κ1) is 23.9. The molecule has 0 radical (unpaired) electrons. The minimum atomic E-state index is 0.724. The van der Waals surface area contributed by atoms with Gasteiger partial charge in [0.2, 0.25) is 0 Å².